The number of amides is 1. The van der Waals surface area contributed by atoms with Crippen LogP contribution in [0.25, 0.3) is 0 Å². The summed E-state index contributed by atoms with van der Waals surface area (Å²) in [5, 5.41) is 0.364. The van der Waals surface area contributed by atoms with Crippen molar-refractivity contribution in [3.05, 3.63) is 30.1 Å². The van der Waals surface area contributed by atoms with Crippen molar-refractivity contribution in [3.63, 3.8) is 0 Å². The monoisotopic (exact) mass is 370 g/mol. The molecule has 1 aromatic rings. The molecule has 3 rings (SSSR count). The number of rotatable bonds is 3. The van der Waals surface area contributed by atoms with Crippen LogP contribution in [0, 0.1) is 11.7 Å². The van der Waals surface area contributed by atoms with E-state index in [0.717, 1.165) is 0 Å². The lowest BCUT2D eigenvalue weighted by Crippen LogP contribution is -2.37. The number of halogens is 1. The standard InChI is InChI=1S/C16H19FN2O3S2/c1-10(2)7-15(20)18-16-19(12-5-3-11(17)4-6-12)13-8-24(21,22)9-14(13)23-16/h3-6,10,13-14H,7-9H2,1-2H3/t13-,14-/m0/s1. The van der Waals surface area contributed by atoms with Crippen molar-refractivity contribution in [1.82, 2.24) is 0 Å². The van der Waals surface area contributed by atoms with Crippen molar-refractivity contribution in [1.29, 1.82) is 0 Å². The van der Waals surface area contributed by atoms with Gasteiger partial charge in [0.05, 0.1) is 17.5 Å². The van der Waals surface area contributed by atoms with Gasteiger partial charge in [0, 0.05) is 17.4 Å². The minimum absolute atomic E-state index is 0.0272. The number of hydrogen-bond acceptors (Lipinski definition) is 4. The van der Waals surface area contributed by atoms with Gasteiger partial charge in [0.2, 0.25) is 5.91 Å². The number of anilines is 1. The Morgan fingerprint density at radius 1 is 1.33 bits per heavy atom. The SMILES string of the molecule is CC(C)CC(=O)N=C1S[C@H]2CS(=O)(=O)C[C@@H]2N1c1ccc(F)cc1. The van der Waals surface area contributed by atoms with Crippen LogP contribution in [-0.2, 0) is 14.6 Å². The molecule has 0 N–H and O–H groups in total. The molecule has 2 saturated heterocycles. The Morgan fingerprint density at radius 3 is 2.62 bits per heavy atom. The highest BCUT2D eigenvalue weighted by Crippen LogP contribution is 2.41. The van der Waals surface area contributed by atoms with Crippen LogP contribution in [0.3, 0.4) is 0 Å². The van der Waals surface area contributed by atoms with Crippen LogP contribution < -0.4 is 4.90 Å². The Bertz CT molecular complexity index is 775. The van der Waals surface area contributed by atoms with E-state index in [2.05, 4.69) is 4.99 Å². The van der Waals surface area contributed by atoms with Crippen LogP contribution in [0.5, 0.6) is 0 Å². The highest BCUT2D eigenvalue weighted by molar-refractivity contribution is 8.16. The molecule has 0 spiro atoms. The molecule has 2 aliphatic heterocycles. The summed E-state index contributed by atoms with van der Waals surface area (Å²) in [5.74, 6) is -0.276. The van der Waals surface area contributed by atoms with Crippen molar-refractivity contribution >= 4 is 38.4 Å². The number of nitrogens with zero attached hydrogens (tertiary/aromatic N) is 2. The van der Waals surface area contributed by atoms with Gasteiger partial charge in [-0.1, -0.05) is 25.6 Å². The summed E-state index contributed by atoms with van der Waals surface area (Å²) in [4.78, 5) is 18.1. The fraction of sp³-hybridized carbons (Fsp3) is 0.500. The zero-order valence-electron chi connectivity index (χ0n) is 13.5. The minimum atomic E-state index is -3.10. The van der Waals surface area contributed by atoms with Crippen molar-refractivity contribution in [3.8, 4) is 0 Å². The van der Waals surface area contributed by atoms with Crippen molar-refractivity contribution in [2.24, 2.45) is 10.9 Å². The molecule has 130 valence electrons. The van der Waals surface area contributed by atoms with E-state index in [1.165, 1.54) is 23.9 Å². The number of carbonyl (C=O) groups is 1. The van der Waals surface area contributed by atoms with Crippen molar-refractivity contribution < 1.29 is 17.6 Å². The first-order valence-corrected chi connectivity index (χ1v) is 10.5. The summed E-state index contributed by atoms with van der Waals surface area (Å²) < 4.78 is 37.1. The van der Waals surface area contributed by atoms with Gasteiger partial charge in [-0.2, -0.15) is 4.99 Å². The number of hydrogen-bond donors (Lipinski definition) is 0. The van der Waals surface area contributed by atoms with Crippen LogP contribution in [0.2, 0.25) is 0 Å². The van der Waals surface area contributed by atoms with E-state index in [4.69, 9.17) is 0 Å². The van der Waals surface area contributed by atoms with Crippen LogP contribution in [0.15, 0.2) is 29.3 Å². The van der Waals surface area contributed by atoms with Gasteiger partial charge in [-0.05, 0) is 30.2 Å². The van der Waals surface area contributed by atoms with E-state index >= 15 is 0 Å². The smallest absolute Gasteiger partial charge is 0.248 e. The zero-order valence-corrected chi connectivity index (χ0v) is 15.1. The van der Waals surface area contributed by atoms with Crippen LogP contribution >= 0.6 is 11.8 Å². The summed E-state index contributed by atoms with van der Waals surface area (Å²) in [7, 11) is -3.10. The third kappa shape index (κ3) is 3.64. The number of fused-ring (bicyclic) bond motifs is 1. The lowest BCUT2D eigenvalue weighted by atomic mass is 10.1. The first kappa shape index (κ1) is 17.4. The van der Waals surface area contributed by atoms with E-state index in [-0.39, 0.29) is 40.4 Å². The molecule has 2 atom stereocenters. The maximum absolute atomic E-state index is 13.2. The molecule has 24 heavy (non-hydrogen) atoms. The lowest BCUT2D eigenvalue weighted by molar-refractivity contribution is -0.118. The van der Waals surface area contributed by atoms with Gasteiger partial charge >= 0.3 is 0 Å². The topological polar surface area (TPSA) is 66.8 Å². The van der Waals surface area contributed by atoms with Crippen LogP contribution in [-0.4, -0.2) is 42.3 Å². The van der Waals surface area contributed by atoms with E-state index in [1.807, 2.05) is 13.8 Å². The molecule has 0 saturated carbocycles. The number of carbonyl (C=O) groups excluding carboxylic acids is 1. The molecule has 2 aliphatic rings. The third-order valence-corrected chi connectivity index (χ3v) is 7.18. The van der Waals surface area contributed by atoms with E-state index in [0.29, 0.717) is 17.3 Å². The molecule has 0 bridgehead atoms. The molecular weight excluding hydrogens is 351 g/mol. The quantitative estimate of drug-likeness (QED) is 0.818. The molecule has 1 amide bonds. The van der Waals surface area contributed by atoms with Gasteiger partial charge < -0.3 is 4.90 Å². The zero-order chi connectivity index (χ0) is 17.5. The number of benzene rings is 1. The van der Waals surface area contributed by atoms with Gasteiger partial charge in [-0.25, -0.2) is 12.8 Å². The second-order valence-corrected chi connectivity index (χ2v) is 9.89. The number of amidine groups is 1. The molecule has 0 aliphatic carbocycles. The van der Waals surface area contributed by atoms with Gasteiger partial charge in [0.25, 0.3) is 0 Å². The number of sulfone groups is 1. The fourth-order valence-corrected chi connectivity index (χ4v) is 6.90. The normalized spacial score (nSPS) is 27.0. The average Bonchev–Trinajstić information content (AvgIpc) is 2.90. The Hall–Kier alpha value is -1.41. The van der Waals surface area contributed by atoms with Crippen molar-refractivity contribution in [2.75, 3.05) is 16.4 Å². The number of aliphatic imine (C=N–C) groups is 1. The van der Waals surface area contributed by atoms with E-state index in [1.54, 1.807) is 17.0 Å². The molecule has 5 nitrogen and oxygen atoms in total. The predicted octanol–water partition coefficient (Wildman–Crippen LogP) is 2.47. The Kier molecular flexibility index (Phi) is 4.70. The summed E-state index contributed by atoms with van der Waals surface area (Å²) >= 11 is 1.33. The third-order valence-electron chi connectivity index (χ3n) is 3.97. The Labute approximate surface area is 145 Å². The van der Waals surface area contributed by atoms with Gasteiger partial charge in [0.1, 0.15) is 5.82 Å². The number of thioether (sulfide) groups is 1. The summed E-state index contributed by atoms with van der Waals surface area (Å²) in [6.07, 6.45) is 0.342. The first-order valence-electron chi connectivity index (χ1n) is 7.78. The molecule has 0 radical (unpaired) electrons. The largest absolute Gasteiger partial charge is 0.316 e. The highest BCUT2D eigenvalue weighted by atomic mass is 32.2. The molecule has 0 aromatic heterocycles. The molecule has 1 aromatic carbocycles. The van der Waals surface area contributed by atoms with Gasteiger partial charge in [-0.3, -0.25) is 4.79 Å². The second-order valence-electron chi connectivity index (χ2n) is 6.53. The fourth-order valence-electron chi connectivity index (χ4n) is 2.97. The molecule has 2 fully saturated rings. The Balaban J connectivity index is 1.95. The van der Waals surface area contributed by atoms with Crippen LogP contribution in [0.4, 0.5) is 10.1 Å². The van der Waals surface area contributed by atoms with E-state index < -0.39 is 9.84 Å². The first-order chi connectivity index (χ1) is 11.2. The van der Waals surface area contributed by atoms with E-state index in [9.17, 15) is 17.6 Å². The predicted molar refractivity (Wildman–Crippen MR) is 94.6 cm³/mol. The maximum atomic E-state index is 13.2. The summed E-state index contributed by atoms with van der Waals surface area (Å²) in [6, 6.07) is 5.56. The Morgan fingerprint density at radius 2 is 2.00 bits per heavy atom. The maximum Gasteiger partial charge on any atom is 0.248 e. The highest BCUT2D eigenvalue weighted by Gasteiger charge is 2.49. The molecule has 2 heterocycles. The molecule has 8 heteroatoms. The minimum Gasteiger partial charge on any atom is -0.316 e. The molecular formula is C16H19FN2O3S2. The van der Waals surface area contributed by atoms with Crippen LogP contribution in [0.1, 0.15) is 20.3 Å². The van der Waals surface area contributed by atoms with Crippen molar-refractivity contribution in [2.45, 2.75) is 31.6 Å². The molecule has 0 unspecified atom stereocenters. The van der Waals surface area contributed by atoms with Gasteiger partial charge in [-0.15, -0.1) is 0 Å². The second kappa shape index (κ2) is 6.48. The lowest BCUT2D eigenvalue weighted by Gasteiger charge is -2.24. The van der Waals surface area contributed by atoms with Gasteiger partial charge in [0.15, 0.2) is 15.0 Å². The summed E-state index contributed by atoms with van der Waals surface area (Å²) in [6.45, 7) is 3.89. The average molecular weight is 370 g/mol. The summed E-state index contributed by atoms with van der Waals surface area (Å²) in [5.41, 5.74) is 0.657.